The Balaban J connectivity index is 1.98. The van der Waals surface area contributed by atoms with Gasteiger partial charge in [0, 0.05) is 32.9 Å². The zero-order valence-corrected chi connectivity index (χ0v) is 13.8. The molecule has 0 bridgehead atoms. The van der Waals surface area contributed by atoms with Crippen LogP contribution in [-0.2, 0) is 0 Å². The fourth-order valence-corrected chi connectivity index (χ4v) is 2.64. The van der Waals surface area contributed by atoms with Crippen molar-refractivity contribution in [3.8, 4) is 0 Å². The van der Waals surface area contributed by atoms with Crippen molar-refractivity contribution in [1.82, 2.24) is 0 Å². The van der Waals surface area contributed by atoms with Gasteiger partial charge in [0.2, 0.25) is 0 Å². The van der Waals surface area contributed by atoms with Gasteiger partial charge in [0.15, 0.2) is 11.6 Å². The normalized spacial score (nSPS) is 10.3. The second kappa shape index (κ2) is 6.95. The van der Waals surface area contributed by atoms with Gasteiger partial charge in [0.25, 0.3) is 0 Å². The van der Waals surface area contributed by atoms with Crippen LogP contribution in [0.15, 0.2) is 57.5 Å². The first-order valence-corrected chi connectivity index (χ1v) is 7.72. The fourth-order valence-electron chi connectivity index (χ4n) is 1.84. The van der Waals surface area contributed by atoms with Gasteiger partial charge < -0.3 is 0 Å². The largest absolute Gasteiger partial charge is 0.294 e. The standard InChI is InChI=1S/C16H12Br2O2/c17-13-5-1-3-11(9-13)15(19)7-8-16(20)12-4-2-6-14(18)10-12/h1-6,9-10H,7-8H2. The first kappa shape index (κ1) is 15.1. The molecule has 4 heteroatoms. The van der Waals surface area contributed by atoms with Gasteiger partial charge in [-0.3, -0.25) is 9.59 Å². The van der Waals surface area contributed by atoms with E-state index in [1.54, 1.807) is 24.3 Å². The molecular weight excluding hydrogens is 384 g/mol. The van der Waals surface area contributed by atoms with Gasteiger partial charge in [-0.2, -0.15) is 0 Å². The molecule has 2 nitrogen and oxygen atoms in total. The maximum atomic E-state index is 12.0. The van der Waals surface area contributed by atoms with Crippen molar-refractivity contribution >= 4 is 43.4 Å². The van der Waals surface area contributed by atoms with E-state index in [1.165, 1.54) is 0 Å². The summed E-state index contributed by atoms with van der Waals surface area (Å²) >= 11 is 6.66. The van der Waals surface area contributed by atoms with Crippen LogP contribution in [0.25, 0.3) is 0 Å². The summed E-state index contributed by atoms with van der Waals surface area (Å²) in [5.41, 5.74) is 1.25. The SMILES string of the molecule is O=C(CCC(=O)c1cccc(Br)c1)c1cccc(Br)c1. The average molecular weight is 396 g/mol. The maximum absolute atomic E-state index is 12.0. The second-order valence-corrected chi connectivity index (χ2v) is 6.20. The van der Waals surface area contributed by atoms with Crippen LogP contribution in [0.5, 0.6) is 0 Å². The third-order valence-corrected chi connectivity index (χ3v) is 3.86. The molecule has 2 aromatic rings. The summed E-state index contributed by atoms with van der Waals surface area (Å²) in [6.45, 7) is 0. The molecule has 0 fully saturated rings. The topological polar surface area (TPSA) is 34.1 Å². The quantitative estimate of drug-likeness (QED) is 0.663. The Morgan fingerprint density at radius 3 is 1.50 bits per heavy atom. The number of carbonyl (C=O) groups excluding carboxylic acids is 2. The average Bonchev–Trinajstić information content (AvgIpc) is 2.44. The highest BCUT2D eigenvalue weighted by molar-refractivity contribution is 9.10. The fraction of sp³-hybridized carbons (Fsp3) is 0.125. The number of halogens is 2. The van der Waals surface area contributed by atoms with Gasteiger partial charge in [-0.1, -0.05) is 56.1 Å². The Morgan fingerprint density at radius 1 is 0.750 bits per heavy atom. The monoisotopic (exact) mass is 394 g/mol. The summed E-state index contributed by atoms with van der Waals surface area (Å²) in [6, 6.07) is 14.4. The van der Waals surface area contributed by atoms with Gasteiger partial charge in [-0.05, 0) is 24.3 Å². The highest BCUT2D eigenvalue weighted by atomic mass is 79.9. The molecule has 2 aromatic carbocycles. The lowest BCUT2D eigenvalue weighted by Gasteiger charge is -2.03. The molecule has 0 amide bonds. The lowest BCUT2D eigenvalue weighted by atomic mass is 10.0. The van der Waals surface area contributed by atoms with E-state index in [1.807, 2.05) is 24.3 Å². The molecule has 0 N–H and O–H groups in total. The zero-order chi connectivity index (χ0) is 14.5. The van der Waals surface area contributed by atoms with Crippen molar-refractivity contribution in [2.24, 2.45) is 0 Å². The Morgan fingerprint density at radius 2 is 1.15 bits per heavy atom. The molecule has 2 rings (SSSR count). The van der Waals surface area contributed by atoms with E-state index in [0.717, 1.165) is 8.95 Å². The summed E-state index contributed by atoms with van der Waals surface area (Å²) in [7, 11) is 0. The Labute approximate surface area is 134 Å². The molecule has 0 radical (unpaired) electrons. The van der Waals surface area contributed by atoms with Crippen LogP contribution in [0.1, 0.15) is 33.6 Å². The van der Waals surface area contributed by atoms with Crippen molar-refractivity contribution in [3.05, 3.63) is 68.6 Å². The van der Waals surface area contributed by atoms with E-state index in [2.05, 4.69) is 31.9 Å². The molecule has 0 heterocycles. The lowest BCUT2D eigenvalue weighted by molar-refractivity contribution is 0.0917. The number of benzene rings is 2. The van der Waals surface area contributed by atoms with Crippen LogP contribution in [0, 0.1) is 0 Å². The Kier molecular flexibility index (Phi) is 5.26. The van der Waals surface area contributed by atoms with Crippen molar-refractivity contribution in [1.29, 1.82) is 0 Å². The minimum Gasteiger partial charge on any atom is -0.294 e. The molecule has 0 aliphatic rings. The predicted octanol–water partition coefficient (Wildman–Crippen LogP) is 5.06. The number of Topliss-reactive ketones (excluding diaryl/α,β-unsaturated/α-hetero) is 2. The van der Waals surface area contributed by atoms with Crippen LogP contribution in [-0.4, -0.2) is 11.6 Å². The Bertz CT molecular complexity index is 593. The summed E-state index contributed by atoms with van der Waals surface area (Å²) in [6.07, 6.45) is 0.448. The third-order valence-electron chi connectivity index (χ3n) is 2.87. The minimum absolute atomic E-state index is 0.0188. The van der Waals surface area contributed by atoms with Crippen molar-refractivity contribution in [2.75, 3.05) is 0 Å². The second-order valence-electron chi connectivity index (χ2n) is 4.37. The van der Waals surface area contributed by atoms with Crippen LogP contribution in [0.3, 0.4) is 0 Å². The molecule has 20 heavy (non-hydrogen) atoms. The number of carbonyl (C=O) groups is 2. The summed E-state index contributed by atoms with van der Waals surface area (Å²) < 4.78 is 1.73. The van der Waals surface area contributed by atoms with E-state index in [4.69, 9.17) is 0 Å². The van der Waals surface area contributed by atoms with Crippen LogP contribution < -0.4 is 0 Å². The number of rotatable bonds is 5. The molecule has 0 spiro atoms. The van der Waals surface area contributed by atoms with E-state index >= 15 is 0 Å². The number of ketones is 2. The van der Waals surface area contributed by atoms with E-state index in [-0.39, 0.29) is 24.4 Å². The van der Waals surface area contributed by atoms with Crippen molar-refractivity contribution < 1.29 is 9.59 Å². The van der Waals surface area contributed by atoms with Crippen LogP contribution in [0.4, 0.5) is 0 Å². The smallest absolute Gasteiger partial charge is 0.163 e. The first-order valence-electron chi connectivity index (χ1n) is 6.14. The molecule has 0 saturated carbocycles. The molecule has 0 aliphatic heterocycles. The van der Waals surface area contributed by atoms with Crippen molar-refractivity contribution in [2.45, 2.75) is 12.8 Å². The first-order chi connectivity index (χ1) is 9.56. The molecule has 0 aliphatic carbocycles. The van der Waals surface area contributed by atoms with Gasteiger partial charge in [-0.25, -0.2) is 0 Å². The van der Waals surface area contributed by atoms with E-state index < -0.39 is 0 Å². The van der Waals surface area contributed by atoms with E-state index in [0.29, 0.717) is 11.1 Å². The lowest BCUT2D eigenvalue weighted by Crippen LogP contribution is -2.05. The number of hydrogen-bond acceptors (Lipinski definition) is 2. The molecule has 102 valence electrons. The molecule has 0 atom stereocenters. The number of hydrogen-bond donors (Lipinski definition) is 0. The molecular formula is C16H12Br2O2. The van der Waals surface area contributed by atoms with E-state index in [9.17, 15) is 9.59 Å². The van der Waals surface area contributed by atoms with Gasteiger partial charge in [-0.15, -0.1) is 0 Å². The van der Waals surface area contributed by atoms with Gasteiger partial charge in [0.05, 0.1) is 0 Å². The Hall–Kier alpha value is -1.26. The highest BCUT2D eigenvalue weighted by Gasteiger charge is 2.11. The van der Waals surface area contributed by atoms with Gasteiger partial charge >= 0.3 is 0 Å². The summed E-state index contributed by atoms with van der Waals surface area (Å²) in [4.78, 5) is 24.0. The van der Waals surface area contributed by atoms with Crippen LogP contribution in [0.2, 0.25) is 0 Å². The summed E-state index contributed by atoms with van der Waals surface area (Å²) in [5, 5.41) is 0. The molecule has 0 unspecified atom stereocenters. The van der Waals surface area contributed by atoms with Crippen molar-refractivity contribution in [3.63, 3.8) is 0 Å². The minimum atomic E-state index is -0.0188. The third kappa shape index (κ3) is 4.12. The van der Waals surface area contributed by atoms with Crippen LogP contribution >= 0.6 is 31.9 Å². The molecule has 0 saturated heterocycles. The predicted molar refractivity (Wildman–Crippen MR) is 86.2 cm³/mol. The maximum Gasteiger partial charge on any atom is 0.163 e. The molecule has 0 aromatic heterocycles. The summed E-state index contributed by atoms with van der Waals surface area (Å²) in [5.74, 6) is -0.0377. The van der Waals surface area contributed by atoms with Gasteiger partial charge in [0.1, 0.15) is 0 Å². The zero-order valence-electron chi connectivity index (χ0n) is 10.6. The highest BCUT2D eigenvalue weighted by Crippen LogP contribution is 2.16.